The Morgan fingerprint density at radius 1 is 1.13 bits per heavy atom. The number of halogens is 2. The fourth-order valence-corrected chi connectivity index (χ4v) is 3.22. The van der Waals surface area contributed by atoms with Crippen LogP contribution >= 0.6 is 23.2 Å². The first-order chi connectivity index (χ1) is 14.4. The van der Waals surface area contributed by atoms with Crippen molar-refractivity contribution in [2.24, 2.45) is 0 Å². The van der Waals surface area contributed by atoms with Crippen molar-refractivity contribution >= 4 is 34.9 Å². The molecule has 0 bridgehead atoms. The minimum atomic E-state index is -0.426. The van der Waals surface area contributed by atoms with E-state index in [-0.39, 0.29) is 18.1 Å². The summed E-state index contributed by atoms with van der Waals surface area (Å²) in [5, 5.41) is 4.10. The zero-order chi connectivity index (χ0) is 21.5. The molecule has 0 fully saturated rings. The number of rotatable bonds is 8. The normalized spacial score (nSPS) is 10.6. The number of hydrogen-bond acceptors (Lipinski definition) is 5. The monoisotopic (exact) mass is 445 g/mol. The molecule has 0 aliphatic carbocycles. The Hall–Kier alpha value is -2.90. The van der Waals surface area contributed by atoms with Crippen LogP contribution in [0.5, 0.6) is 0 Å². The summed E-state index contributed by atoms with van der Waals surface area (Å²) < 4.78 is 1.19. The van der Waals surface area contributed by atoms with Crippen molar-refractivity contribution in [2.75, 3.05) is 17.3 Å². The number of carbonyl (C=O) groups is 1. The third-order valence-electron chi connectivity index (χ3n) is 4.40. The first-order valence-electron chi connectivity index (χ1n) is 9.40. The van der Waals surface area contributed by atoms with Gasteiger partial charge in [-0.15, -0.1) is 0 Å². The van der Waals surface area contributed by atoms with E-state index in [0.717, 1.165) is 11.3 Å². The van der Waals surface area contributed by atoms with Crippen molar-refractivity contribution in [1.82, 2.24) is 14.6 Å². The van der Waals surface area contributed by atoms with E-state index >= 15 is 0 Å². The Morgan fingerprint density at radius 3 is 2.73 bits per heavy atom. The van der Waals surface area contributed by atoms with Gasteiger partial charge < -0.3 is 5.32 Å². The van der Waals surface area contributed by atoms with Gasteiger partial charge in [-0.1, -0.05) is 29.3 Å². The van der Waals surface area contributed by atoms with Crippen LogP contribution in [0.15, 0.2) is 53.6 Å². The van der Waals surface area contributed by atoms with Gasteiger partial charge in [0.2, 0.25) is 5.91 Å². The number of amides is 1. The van der Waals surface area contributed by atoms with Gasteiger partial charge in [0.25, 0.3) is 0 Å². The van der Waals surface area contributed by atoms with Gasteiger partial charge in [-0.2, -0.15) is 0 Å². The lowest BCUT2D eigenvalue weighted by atomic mass is 10.1. The molecule has 9 heteroatoms. The van der Waals surface area contributed by atoms with Gasteiger partial charge in [-0.25, -0.2) is 9.66 Å². The highest BCUT2D eigenvalue weighted by molar-refractivity contribution is 6.33. The molecular formula is C21H21Cl2N5O2. The first-order valence-corrected chi connectivity index (χ1v) is 10.2. The van der Waals surface area contributed by atoms with E-state index in [0.29, 0.717) is 35.1 Å². The van der Waals surface area contributed by atoms with Crippen molar-refractivity contribution < 1.29 is 4.79 Å². The Kier molecular flexibility index (Phi) is 7.43. The van der Waals surface area contributed by atoms with E-state index in [1.165, 1.54) is 10.9 Å². The lowest BCUT2D eigenvalue weighted by Gasteiger charge is -2.13. The van der Waals surface area contributed by atoms with Crippen LogP contribution in [-0.4, -0.2) is 27.1 Å². The zero-order valence-corrected chi connectivity index (χ0v) is 17.9. The summed E-state index contributed by atoms with van der Waals surface area (Å²) in [4.78, 5) is 33.5. The van der Waals surface area contributed by atoms with Crippen LogP contribution in [-0.2, 0) is 17.6 Å². The zero-order valence-electron chi connectivity index (χ0n) is 16.4. The molecule has 3 aromatic rings. The second-order valence-electron chi connectivity index (χ2n) is 6.66. The van der Waals surface area contributed by atoms with Crippen LogP contribution in [0.1, 0.15) is 23.4 Å². The Bertz CT molecular complexity index is 1090. The Morgan fingerprint density at radius 2 is 1.97 bits per heavy atom. The number of aryl methyl sites for hydroxylation is 2. The van der Waals surface area contributed by atoms with Crippen molar-refractivity contribution in [1.29, 1.82) is 0 Å². The van der Waals surface area contributed by atoms with Gasteiger partial charge in [0, 0.05) is 41.3 Å². The molecule has 0 aliphatic rings. The molecule has 1 aromatic carbocycles. The van der Waals surface area contributed by atoms with Crippen LogP contribution in [0, 0.1) is 6.92 Å². The number of anilines is 1. The first kappa shape index (κ1) is 21.8. The Labute approximate surface area is 184 Å². The van der Waals surface area contributed by atoms with Crippen LogP contribution in [0.3, 0.4) is 0 Å². The number of benzene rings is 1. The van der Waals surface area contributed by atoms with E-state index in [1.807, 2.05) is 18.2 Å². The summed E-state index contributed by atoms with van der Waals surface area (Å²) in [5.74, 6) is -0.156. The average molecular weight is 446 g/mol. The number of pyridine rings is 1. The molecule has 0 atom stereocenters. The lowest BCUT2D eigenvalue weighted by molar-refractivity contribution is -0.117. The maximum atomic E-state index is 12.7. The molecule has 0 unspecified atom stereocenters. The van der Waals surface area contributed by atoms with Gasteiger partial charge in [0.05, 0.1) is 11.9 Å². The standard InChI is InChI=1S/C21H21Cl2N5O2/c1-14-13-26-20(25-11-9-17-4-2-3-10-24-17)21(30)28(14)27-19(29)8-5-15-12-16(22)6-7-18(15)23/h2-4,6-7,10,12-13H,5,8-9,11H2,1H3,(H,25,26)(H,27,29). The maximum absolute atomic E-state index is 12.7. The molecule has 3 rings (SSSR count). The topological polar surface area (TPSA) is 88.9 Å². The summed E-state index contributed by atoms with van der Waals surface area (Å²) in [7, 11) is 0. The Balaban J connectivity index is 1.62. The van der Waals surface area contributed by atoms with Crippen LogP contribution < -0.4 is 16.3 Å². The van der Waals surface area contributed by atoms with Crippen molar-refractivity contribution in [2.45, 2.75) is 26.2 Å². The molecule has 2 heterocycles. The van der Waals surface area contributed by atoms with E-state index in [1.54, 1.807) is 31.3 Å². The fourth-order valence-electron chi connectivity index (χ4n) is 2.82. The second-order valence-corrected chi connectivity index (χ2v) is 7.50. The van der Waals surface area contributed by atoms with E-state index < -0.39 is 5.56 Å². The summed E-state index contributed by atoms with van der Waals surface area (Å²) in [6.45, 7) is 2.18. The van der Waals surface area contributed by atoms with Gasteiger partial charge in [0.15, 0.2) is 5.82 Å². The third kappa shape index (κ3) is 5.81. The number of nitrogens with one attached hydrogen (secondary N) is 2. The third-order valence-corrected chi connectivity index (χ3v) is 5.01. The summed E-state index contributed by atoms with van der Waals surface area (Å²) in [6.07, 6.45) is 4.44. The number of nitrogens with zero attached hydrogens (tertiary/aromatic N) is 3. The molecule has 0 spiro atoms. The van der Waals surface area contributed by atoms with Gasteiger partial charge >= 0.3 is 5.56 Å². The van der Waals surface area contributed by atoms with Crippen LogP contribution in [0.4, 0.5) is 5.82 Å². The van der Waals surface area contributed by atoms with E-state index in [4.69, 9.17) is 23.2 Å². The maximum Gasteiger partial charge on any atom is 0.312 e. The average Bonchev–Trinajstić information content (AvgIpc) is 2.74. The van der Waals surface area contributed by atoms with Crippen molar-refractivity contribution in [3.8, 4) is 0 Å². The smallest absolute Gasteiger partial charge is 0.312 e. The van der Waals surface area contributed by atoms with Crippen LogP contribution in [0.25, 0.3) is 0 Å². The summed E-state index contributed by atoms with van der Waals surface area (Å²) in [5.41, 5.74) is 4.40. The number of aromatic nitrogens is 3. The van der Waals surface area contributed by atoms with Gasteiger partial charge in [-0.05, 0) is 49.2 Å². The molecule has 0 saturated heterocycles. The molecule has 30 heavy (non-hydrogen) atoms. The minimum Gasteiger partial charge on any atom is -0.365 e. The molecule has 2 N–H and O–H groups in total. The molecule has 0 saturated carbocycles. The highest BCUT2D eigenvalue weighted by Crippen LogP contribution is 2.21. The van der Waals surface area contributed by atoms with Gasteiger partial charge in [0.1, 0.15) is 0 Å². The predicted molar refractivity (Wildman–Crippen MR) is 119 cm³/mol. The van der Waals surface area contributed by atoms with E-state index in [9.17, 15) is 9.59 Å². The molecule has 156 valence electrons. The highest BCUT2D eigenvalue weighted by Gasteiger charge is 2.12. The highest BCUT2D eigenvalue weighted by atomic mass is 35.5. The summed E-state index contributed by atoms with van der Waals surface area (Å²) >= 11 is 12.1. The quantitative estimate of drug-likeness (QED) is 0.552. The predicted octanol–water partition coefficient (Wildman–Crippen LogP) is 3.61. The van der Waals surface area contributed by atoms with Crippen molar-refractivity contribution in [3.63, 3.8) is 0 Å². The van der Waals surface area contributed by atoms with Crippen LogP contribution in [0.2, 0.25) is 10.0 Å². The SMILES string of the molecule is Cc1cnc(NCCc2ccccn2)c(=O)n1NC(=O)CCc1cc(Cl)ccc1Cl. The molecule has 2 aromatic heterocycles. The molecule has 0 aliphatic heterocycles. The van der Waals surface area contributed by atoms with Crippen molar-refractivity contribution in [3.05, 3.63) is 86.1 Å². The van der Waals surface area contributed by atoms with E-state index in [2.05, 4.69) is 20.7 Å². The lowest BCUT2D eigenvalue weighted by Crippen LogP contribution is -2.36. The molecule has 7 nitrogen and oxygen atoms in total. The minimum absolute atomic E-state index is 0.150. The molecule has 0 radical (unpaired) electrons. The number of hydrogen-bond donors (Lipinski definition) is 2. The summed E-state index contributed by atoms with van der Waals surface area (Å²) in [6, 6.07) is 10.8. The molecular weight excluding hydrogens is 425 g/mol. The van der Waals surface area contributed by atoms with Gasteiger partial charge in [-0.3, -0.25) is 20.0 Å². The second kappa shape index (κ2) is 10.2. The fraction of sp³-hybridized carbons (Fsp3) is 0.238. The largest absolute Gasteiger partial charge is 0.365 e. The molecule has 1 amide bonds. The number of carbonyl (C=O) groups excluding carboxylic acids is 1.